The highest BCUT2D eigenvalue weighted by atomic mass is 16.3. The van der Waals surface area contributed by atoms with Gasteiger partial charge < -0.3 is 10.2 Å². The number of hydrogen-bond acceptors (Lipinski definition) is 3. The number of nitrogens with zero attached hydrogens (tertiary/aromatic N) is 1. The maximum absolute atomic E-state index is 9.78. The van der Waals surface area contributed by atoms with Gasteiger partial charge in [-0.25, -0.2) is 0 Å². The molecule has 3 heteroatoms. The molecular weight excluding hydrogens is 178 g/mol. The predicted molar refractivity (Wildman–Crippen MR) is 57.2 cm³/mol. The molecule has 1 aliphatic heterocycles. The lowest BCUT2D eigenvalue weighted by molar-refractivity contribution is -0.0858. The van der Waals surface area contributed by atoms with E-state index in [4.69, 9.17) is 5.11 Å². The highest BCUT2D eigenvalue weighted by Gasteiger charge is 2.44. The molecule has 1 heterocycles. The van der Waals surface area contributed by atoms with E-state index < -0.39 is 0 Å². The summed E-state index contributed by atoms with van der Waals surface area (Å²) in [6.07, 6.45) is 1.36. The fraction of sp³-hybridized carbons (Fsp3) is 1.00. The fourth-order valence-electron chi connectivity index (χ4n) is 2.97. The Kier molecular flexibility index (Phi) is 3.24. The minimum absolute atomic E-state index is 0.0239. The van der Waals surface area contributed by atoms with Crippen LogP contribution in [0.4, 0.5) is 0 Å². The Morgan fingerprint density at radius 1 is 1.14 bits per heavy atom. The number of piperidine rings is 1. The van der Waals surface area contributed by atoms with Crippen molar-refractivity contribution in [2.24, 2.45) is 0 Å². The molecule has 0 aromatic carbocycles. The van der Waals surface area contributed by atoms with Crippen LogP contribution < -0.4 is 0 Å². The van der Waals surface area contributed by atoms with Crippen molar-refractivity contribution in [3.63, 3.8) is 0 Å². The number of rotatable bonds is 2. The normalized spacial score (nSPS) is 27.9. The fourth-order valence-corrected chi connectivity index (χ4v) is 2.97. The number of aliphatic hydroxyl groups is 2. The van der Waals surface area contributed by atoms with E-state index in [9.17, 15) is 5.11 Å². The van der Waals surface area contributed by atoms with Crippen molar-refractivity contribution in [1.29, 1.82) is 0 Å². The Morgan fingerprint density at radius 2 is 1.57 bits per heavy atom. The molecule has 2 N–H and O–H groups in total. The molecule has 1 saturated heterocycles. The first-order valence-corrected chi connectivity index (χ1v) is 5.36. The van der Waals surface area contributed by atoms with Crippen LogP contribution in [0.5, 0.6) is 0 Å². The lowest BCUT2D eigenvalue weighted by atomic mass is 9.78. The summed E-state index contributed by atoms with van der Waals surface area (Å²) in [7, 11) is 0. The summed E-state index contributed by atoms with van der Waals surface area (Å²) in [6.45, 7) is 9.40. The van der Waals surface area contributed by atoms with E-state index in [0.29, 0.717) is 6.54 Å². The molecule has 0 unspecified atom stereocenters. The Morgan fingerprint density at radius 3 is 1.93 bits per heavy atom. The van der Waals surface area contributed by atoms with Gasteiger partial charge in [-0.2, -0.15) is 0 Å². The lowest BCUT2D eigenvalue weighted by Gasteiger charge is -2.54. The van der Waals surface area contributed by atoms with Crippen LogP contribution in [-0.4, -0.2) is 45.4 Å². The summed E-state index contributed by atoms with van der Waals surface area (Å²) >= 11 is 0. The average Bonchev–Trinajstić information content (AvgIpc) is 1.94. The van der Waals surface area contributed by atoms with Gasteiger partial charge in [0, 0.05) is 17.6 Å². The van der Waals surface area contributed by atoms with Gasteiger partial charge in [-0.3, -0.25) is 4.90 Å². The van der Waals surface area contributed by atoms with Crippen LogP contribution in [0, 0.1) is 0 Å². The standard InChI is InChI=1S/C11H23NO2/c1-10(2)7-9(14)8-11(3,4)12(10)5-6-13/h9,13-14H,5-8H2,1-4H3. The molecule has 0 aromatic rings. The molecule has 84 valence electrons. The van der Waals surface area contributed by atoms with Crippen LogP contribution in [0.2, 0.25) is 0 Å². The first kappa shape index (κ1) is 12.0. The maximum Gasteiger partial charge on any atom is 0.0575 e. The zero-order valence-electron chi connectivity index (χ0n) is 9.75. The molecule has 0 atom stereocenters. The van der Waals surface area contributed by atoms with Crippen LogP contribution in [-0.2, 0) is 0 Å². The van der Waals surface area contributed by atoms with E-state index in [1.54, 1.807) is 0 Å². The Labute approximate surface area is 86.7 Å². The summed E-state index contributed by atoms with van der Waals surface area (Å²) in [5.74, 6) is 0. The number of hydrogen-bond donors (Lipinski definition) is 2. The molecule has 3 nitrogen and oxygen atoms in total. The second-order valence-corrected chi connectivity index (χ2v) is 5.56. The van der Waals surface area contributed by atoms with Crippen molar-refractivity contribution >= 4 is 0 Å². The molecule has 0 aliphatic carbocycles. The second-order valence-electron chi connectivity index (χ2n) is 5.56. The van der Waals surface area contributed by atoms with E-state index in [2.05, 4.69) is 32.6 Å². The van der Waals surface area contributed by atoms with Crippen molar-refractivity contribution in [2.45, 2.75) is 57.7 Å². The smallest absolute Gasteiger partial charge is 0.0575 e. The minimum Gasteiger partial charge on any atom is -0.395 e. The summed E-state index contributed by atoms with van der Waals surface area (Å²) < 4.78 is 0. The molecular formula is C11H23NO2. The monoisotopic (exact) mass is 201 g/mol. The molecule has 0 amide bonds. The van der Waals surface area contributed by atoms with Crippen molar-refractivity contribution in [3.05, 3.63) is 0 Å². The van der Waals surface area contributed by atoms with Gasteiger partial charge in [0.1, 0.15) is 0 Å². The van der Waals surface area contributed by atoms with Gasteiger partial charge in [0.25, 0.3) is 0 Å². The van der Waals surface area contributed by atoms with Crippen LogP contribution in [0.3, 0.4) is 0 Å². The SMILES string of the molecule is CC1(C)CC(O)CC(C)(C)N1CCO. The number of likely N-dealkylation sites (tertiary alicyclic amines) is 1. The van der Waals surface area contributed by atoms with Gasteiger partial charge in [-0.05, 0) is 40.5 Å². The van der Waals surface area contributed by atoms with Crippen molar-refractivity contribution in [3.8, 4) is 0 Å². The molecule has 1 fully saturated rings. The Hall–Kier alpha value is -0.120. The Bertz CT molecular complexity index is 183. The highest BCUT2D eigenvalue weighted by Crippen LogP contribution is 2.37. The summed E-state index contributed by atoms with van der Waals surface area (Å²) in [4.78, 5) is 2.30. The first-order chi connectivity index (χ1) is 6.29. The van der Waals surface area contributed by atoms with Crippen molar-refractivity contribution < 1.29 is 10.2 Å². The maximum atomic E-state index is 9.78. The lowest BCUT2D eigenvalue weighted by Crippen LogP contribution is -2.62. The van der Waals surface area contributed by atoms with E-state index in [0.717, 1.165) is 12.8 Å². The van der Waals surface area contributed by atoms with Crippen LogP contribution in [0.25, 0.3) is 0 Å². The van der Waals surface area contributed by atoms with Crippen molar-refractivity contribution in [2.75, 3.05) is 13.2 Å². The average molecular weight is 201 g/mol. The summed E-state index contributed by atoms with van der Waals surface area (Å²) in [5.41, 5.74) is -0.0478. The second kappa shape index (κ2) is 3.80. The summed E-state index contributed by atoms with van der Waals surface area (Å²) in [6, 6.07) is 0. The van der Waals surface area contributed by atoms with Gasteiger partial charge in [0.2, 0.25) is 0 Å². The van der Waals surface area contributed by atoms with Crippen LogP contribution >= 0.6 is 0 Å². The number of β-amino-alcohol motifs (C(OH)–C–C–N with tert-alkyl or cyclic N) is 1. The third-order valence-corrected chi connectivity index (χ3v) is 3.26. The molecule has 0 radical (unpaired) electrons. The largest absolute Gasteiger partial charge is 0.395 e. The number of aliphatic hydroxyl groups excluding tert-OH is 2. The first-order valence-electron chi connectivity index (χ1n) is 5.36. The van der Waals surface area contributed by atoms with E-state index >= 15 is 0 Å². The zero-order chi connectivity index (χ0) is 11.0. The highest BCUT2D eigenvalue weighted by molar-refractivity contribution is 4.99. The molecule has 1 aliphatic rings. The van der Waals surface area contributed by atoms with Crippen LogP contribution in [0.15, 0.2) is 0 Å². The van der Waals surface area contributed by atoms with Gasteiger partial charge in [0.05, 0.1) is 12.7 Å². The molecule has 0 bridgehead atoms. The van der Waals surface area contributed by atoms with Crippen molar-refractivity contribution in [1.82, 2.24) is 4.90 Å². The van der Waals surface area contributed by atoms with Gasteiger partial charge in [-0.1, -0.05) is 0 Å². The van der Waals surface area contributed by atoms with Gasteiger partial charge in [0.15, 0.2) is 0 Å². The van der Waals surface area contributed by atoms with Gasteiger partial charge in [-0.15, -0.1) is 0 Å². The van der Waals surface area contributed by atoms with E-state index in [1.165, 1.54) is 0 Å². The Balaban J connectivity index is 2.85. The molecule has 0 aromatic heterocycles. The topological polar surface area (TPSA) is 43.7 Å². The molecule has 0 saturated carbocycles. The predicted octanol–water partition coefficient (Wildman–Crippen LogP) is 0.993. The minimum atomic E-state index is -0.213. The molecule has 14 heavy (non-hydrogen) atoms. The molecule has 1 rings (SSSR count). The third-order valence-electron chi connectivity index (χ3n) is 3.26. The van der Waals surface area contributed by atoms with E-state index in [-0.39, 0.29) is 23.8 Å². The third kappa shape index (κ3) is 2.27. The van der Waals surface area contributed by atoms with Gasteiger partial charge >= 0.3 is 0 Å². The van der Waals surface area contributed by atoms with E-state index in [1.807, 2.05) is 0 Å². The summed E-state index contributed by atoms with van der Waals surface area (Å²) in [5, 5.41) is 18.8. The quantitative estimate of drug-likeness (QED) is 0.700. The van der Waals surface area contributed by atoms with Crippen LogP contribution in [0.1, 0.15) is 40.5 Å². The zero-order valence-corrected chi connectivity index (χ0v) is 9.75. The molecule has 0 spiro atoms.